The summed E-state index contributed by atoms with van der Waals surface area (Å²) in [6.07, 6.45) is 6.80. The molecule has 6 nitrogen and oxygen atoms in total. The van der Waals surface area contributed by atoms with E-state index >= 15 is 0 Å². The topological polar surface area (TPSA) is 73.5 Å². The molecular weight excluding hydrogens is 423 g/mol. The SMILES string of the molecule is Cc1ccc(NC(=O)C2CC23CCNCC3)cc1NC(=O)CN1CCCCC1.Cl.Cl. The molecule has 1 aromatic carbocycles. The molecule has 2 aliphatic heterocycles. The van der Waals surface area contributed by atoms with Gasteiger partial charge in [0.15, 0.2) is 0 Å². The Hall–Kier alpha value is -1.34. The number of aryl methyl sites for hydroxylation is 1. The van der Waals surface area contributed by atoms with Crippen LogP contribution in [0.2, 0.25) is 0 Å². The molecule has 2 amide bonds. The number of nitrogens with one attached hydrogen (secondary N) is 3. The smallest absolute Gasteiger partial charge is 0.238 e. The summed E-state index contributed by atoms with van der Waals surface area (Å²) in [6, 6.07) is 5.77. The lowest BCUT2D eigenvalue weighted by Crippen LogP contribution is -2.36. The van der Waals surface area contributed by atoms with Crippen LogP contribution in [0, 0.1) is 18.3 Å². The zero-order chi connectivity index (χ0) is 19.6. The Bertz CT molecular complexity index is 747. The lowest BCUT2D eigenvalue weighted by molar-refractivity contribution is -0.118. The van der Waals surface area contributed by atoms with Crippen molar-refractivity contribution in [3.8, 4) is 0 Å². The standard InChI is InChI=1S/C22H32N4O2.2ClH/c1-16-5-6-17(24-21(28)18-14-22(18)7-9-23-10-8-22)13-19(16)25-20(27)15-26-11-3-2-4-12-26;;/h5-6,13,18,23H,2-4,7-12,14-15H2,1H3,(H,24,28)(H,25,27);2*1H. The Kier molecular flexibility index (Phi) is 8.98. The van der Waals surface area contributed by atoms with Gasteiger partial charge in [-0.1, -0.05) is 12.5 Å². The first kappa shape index (κ1) is 24.9. The van der Waals surface area contributed by atoms with E-state index in [-0.39, 0.29) is 48.0 Å². The number of rotatable bonds is 5. The van der Waals surface area contributed by atoms with E-state index in [0.29, 0.717) is 6.54 Å². The summed E-state index contributed by atoms with van der Waals surface area (Å²) < 4.78 is 0. The van der Waals surface area contributed by atoms with Gasteiger partial charge in [0.2, 0.25) is 11.8 Å². The summed E-state index contributed by atoms with van der Waals surface area (Å²) in [5.41, 5.74) is 2.78. The molecule has 1 aromatic rings. The maximum absolute atomic E-state index is 12.7. The number of hydrogen-bond acceptors (Lipinski definition) is 4. The Morgan fingerprint density at radius 3 is 2.50 bits per heavy atom. The van der Waals surface area contributed by atoms with Gasteiger partial charge in [-0.2, -0.15) is 0 Å². The summed E-state index contributed by atoms with van der Waals surface area (Å²) in [7, 11) is 0. The fraction of sp³-hybridized carbons (Fsp3) is 0.636. The van der Waals surface area contributed by atoms with Crippen LogP contribution in [-0.4, -0.2) is 49.4 Å². The first-order valence-electron chi connectivity index (χ1n) is 10.7. The summed E-state index contributed by atoms with van der Waals surface area (Å²) in [5, 5.41) is 9.48. The van der Waals surface area contributed by atoms with Crippen LogP contribution < -0.4 is 16.0 Å². The normalized spacial score (nSPS) is 22.4. The number of nitrogens with zero attached hydrogens (tertiary/aromatic N) is 1. The number of carbonyl (C=O) groups is 2. The second kappa shape index (κ2) is 10.8. The molecule has 0 radical (unpaired) electrons. The first-order valence-corrected chi connectivity index (χ1v) is 10.7. The van der Waals surface area contributed by atoms with E-state index < -0.39 is 0 Å². The molecule has 2 heterocycles. The Morgan fingerprint density at radius 2 is 1.80 bits per heavy atom. The minimum Gasteiger partial charge on any atom is -0.326 e. The Morgan fingerprint density at radius 1 is 1.10 bits per heavy atom. The van der Waals surface area contributed by atoms with E-state index in [1.54, 1.807) is 0 Å². The molecule has 4 rings (SSSR count). The molecule has 168 valence electrons. The molecule has 1 saturated carbocycles. The van der Waals surface area contributed by atoms with Crippen molar-refractivity contribution in [2.24, 2.45) is 11.3 Å². The summed E-state index contributed by atoms with van der Waals surface area (Å²) >= 11 is 0. The highest BCUT2D eigenvalue weighted by Gasteiger charge is 2.57. The average molecular weight is 457 g/mol. The van der Waals surface area contributed by atoms with Crippen molar-refractivity contribution in [1.82, 2.24) is 10.2 Å². The molecule has 1 atom stereocenters. The lowest BCUT2D eigenvalue weighted by atomic mass is 9.92. The molecule has 8 heteroatoms. The third-order valence-electron chi connectivity index (χ3n) is 6.70. The molecule has 0 bridgehead atoms. The van der Waals surface area contributed by atoms with E-state index in [2.05, 4.69) is 20.9 Å². The summed E-state index contributed by atoms with van der Waals surface area (Å²) in [5.74, 6) is 0.272. The summed E-state index contributed by atoms with van der Waals surface area (Å²) in [4.78, 5) is 27.4. The summed E-state index contributed by atoms with van der Waals surface area (Å²) in [6.45, 7) is 6.45. The van der Waals surface area contributed by atoms with Crippen molar-refractivity contribution in [2.45, 2.75) is 45.4 Å². The van der Waals surface area contributed by atoms with Crippen molar-refractivity contribution in [2.75, 3.05) is 43.4 Å². The Balaban J connectivity index is 0.00000160. The van der Waals surface area contributed by atoms with Gasteiger partial charge in [0, 0.05) is 17.3 Å². The third kappa shape index (κ3) is 5.88. The first-order chi connectivity index (χ1) is 13.6. The van der Waals surface area contributed by atoms with E-state index in [0.717, 1.165) is 62.4 Å². The molecule has 1 spiro atoms. The van der Waals surface area contributed by atoms with Gasteiger partial charge in [0.1, 0.15) is 0 Å². The highest BCUT2D eigenvalue weighted by atomic mass is 35.5. The molecular formula is C22H34Cl2N4O2. The number of likely N-dealkylation sites (tertiary alicyclic amines) is 1. The van der Waals surface area contributed by atoms with E-state index in [1.807, 2.05) is 25.1 Å². The number of piperidine rings is 2. The van der Waals surface area contributed by atoms with Crippen molar-refractivity contribution >= 4 is 48.0 Å². The molecule has 1 unspecified atom stereocenters. The van der Waals surface area contributed by atoms with Crippen molar-refractivity contribution in [1.29, 1.82) is 0 Å². The van der Waals surface area contributed by atoms with Crippen LogP contribution in [0.15, 0.2) is 18.2 Å². The third-order valence-corrected chi connectivity index (χ3v) is 6.70. The molecule has 1 aliphatic carbocycles. The van der Waals surface area contributed by atoms with Crippen LogP contribution in [-0.2, 0) is 9.59 Å². The quantitative estimate of drug-likeness (QED) is 0.632. The van der Waals surface area contributed by atoms with Crippen LogP contribution in [0.5, 0.6) is 0 Å². The van der Waals surface area contributed by atoms with Crippen LogP contribution in [0.4, 0.5) is 11.4 Å². The monoisotopic (exact) mass is 456 g/mol. The minimum absolute atomic E-state index is 0. The predicted molar refractivity (Wildman–Crippen MR) is 126 cm³/mol. The maximum atomic E-state index is 12.7. The van der Waals surface area contributed by atoms with Gasteiger partial charge in [-0.15, -0.1) is 24.8 Å². The average Bonchev–Trinajstić information content (AvgIpc) is 3.38. The van der Waals surface area contributed by atoms with Gasteiger partial charge >= 0.3 is 0 Å². The zero-order valence-electron chi connectivity index (χ0n) is 17.7. The van der Waals surface area contributed by atoms with Gasteiger partial charge < -0.3 is 16.0 Å². The maximum Gasteiger partial charge on any atom is 0.238 e. The molecule has 2 saturated heterocycles. The van der Waals surface area contributed by atoms with Gasteiger partial charge in [-0.25, -0.2) is 0 Å². The fourth-order valence-electron chi connectivity index (χ4n) is 4.77. The fourth-order valence-corrected chi connectivity index (χ4v) is 4.77. The number of halogens is 2. The van der Waals surface area contributed by atoms with Gasteiger partial charge in [-0.05, 0) is 88.3 Å². The number of benzene rings is 1. The van der Waals surface area contributed by atoms with Gasteiger partial charge in [-0.3, -0.25) is 14.5 Å². The lowest BCUT2D eigenvalue weighted by Gasteiger charge is -2.25. The van der Waals surface area contributed by atoms with E-state index in [1.165, 1.54) is 19.3 Å². The van der Waals surface area contributed by atoms with Crippen molar-refractivity contribution in [3.05, 3.63) is 23.8 Å². The minimum atomic E-state index is 0. The van der Waals surface area contributed by atoms with Crippen LogP contribution in [0.25, 0.3) is 0 Å². The predicted octanol–water partition coefficient (Wildman–Crippen LogP) is 3.59. The second-order valence-corrected chi connectivity index (χ2v) is 8.77. The van der Waals surface area contributed by atoms with Gasteiger partial charge in [0.05, 0.1) is 6.54 Å². The number of amides is 2. The van der Waals surface area contributed by atoms with Crippen molar-refractivity contribution in [3.63, 3.8) is 0 Å². The molecule has 30 heavy (non-hydrogen) atoms. The molecule has 3 N–H and O–H groups in total. The molecule has 3 fully saturated rings. The van der Waals surface area contributed by atoms with Crippen molar-refractivity contribution < 1.29 is 9.59 Å². The van der Waals surface area contributed by atoms with Crippen LogP contribution in [0.1, 0.15) is 44.1 Å². The zero-order valence-corrected chi connectivity index (χ0v) is 19.3. The molecule has 3 aliphatic rings. The highest BCUT2D eigenvalue weighted by Crippen LogP contribution is 2.58. The van der Waals surface area contributed by atoms with E-state index in [4.69, 9.17) is 0 Å². The van der Waals surface area contributed by atoms with Crippen LogP contribution >= 0.6 is 24.8 Å². The van der Waals surface area contributed by atoms with Crippen LogP contribution in [0.3, 0.4) is 0 Å². The number of hydrogen-bond donors (Lipinski definition) is 3. The highest BCUT2D eigenvalue weighted by molar-refractivity contribution is 5.97. The molecule has 0 aromatic heterocycles. The van der Waals surface area contributed by atoms with Gasteiger partial charge in [0.25, 0.3) is 0 Å². The number of anilines is 2. The largest absolute Gasteiger partial charge is 0.326 e. The number of carbonyl (C=O) groups excluding carboxylic acids is 2. The second-order valence-electron chi connectivity index (χ2n) is 8.77. The van der Waals surface area contributed by atoms with E-state index in [9.17, 15) is 9.59 Å². The Labute approximate surface area is 191 Å².